The van der Waals surface area contributed by atoms with Crippen LogP contribution in [0.15, 0.2) is 24.3 Å². The largest absolute Gasteiger partial charge is 0.507 e. The number of benzene rings is 1. The van der Waals surface area contributed by atoms with Gasteiger partial charge in [-0.1, -0.05) is 12.1 Å². The summed E-state index contributed by atoms with van der Waals surface area (Å²) in [4.78, 5) is 39.5. The van der Waals surface area contributed by atoms with E-state index in [1.807, 2.05) is 0 Å². The standard InChI is InChI=1S/C17H20N2O5/c20-14-6-2-1-4-12(14)15(21)19-8-3-5-13(19)16(22)18-9-7-11(10-18)17(23)24/h1-2,4,6,11,13,20H,3,5,7-10H2,(H,23,24). The number of para-hydroxylation sites is 1. The Morgan fingerprint density at radius 2 is 1.83 bits per heavy atom. The fourth-order valence-corrected chi connectivity index (χ4v) is 3.45. The number of rotatable bonds is 3. The summed E-state index contributed by atoms with van der Waals surface area (Å²) in [5.41, 5.74) is 0.182. The molecule has 7 heteroatoms. The van der Waals surface area contributed by atoms with Crippen LogP contribution < -0.4 is 0 Å². The zero-order valence-corrected chi connectivity index (χ0v) is 13.2. The minimum atomic E-state index is -0.890. The van der Waals surface area contributed by atoms with Crippen molar-refractivity contribution in [3.05, 3.63) is 29.8 Å². The van der Waals surface area contributed by atoms with Crippen molar-refractivity contribution in [1.82, 2.24) is 9.80 Å². The van der Waals surface area contributed by atoms with Crippen LogP contribution >= 0.6 is 0 Å². The third-order valence-corrected chi connectivity index (χ3v) is 4.78. The number of carbonyl (C=O) groups excluding carboxylic acids is 2. The van der Waals surface area contributed by atoms with Gasteiger partial charge in [-0.15, -0.1) is 0 Å². The molecule has 2 aliphatic rings. The van der Waals surface area contributed by atoms with Crippen molar-refractivity contribution in [2.75, 3.05) is 19.6 Å². The molecular weight excluding hydrogens is 312 g/mol. The van der Waals surface area contributed by atoms with Gasteiger partial charge in [-0.2, -0.15) is 0 Å². The van der Waals surface area contributed by atoms with Gasteiger partial charge in [-0.25, -0.2) is 0 Å². The van der Waals surface area contributed by atoms with Crippen LogP contribution in [0.2, 0.25) is 0 Å². The van der Waals surface area contributed by atoms with E-state index in [9.17, 15) is 19.5 Å². The fourth-order valence-electron chi connectivity index (χ4n) is 3.45. The number of hydrogen-bond donors (Lipinski definition) is 2. The molecule has 7 nitrogen and oxygen atoms in total. The summed E-state index contributed by atoms with van der Waals surface area (Å²) in [5, 5.41) is 18.9. The van der Waals surface area contributed by atoms with Crippen LogP contribution in [0.25, 0.3) is 0 Å². The van der Waals surface area contributed by atoms with Gasteiger partial charge in [0.05, 0.1) is 11.5 Å². The third-order valence-electron chi connectivity index (χ3n) is 4.78. The topological polar surface area (TPSA) is 98.2 Å². The van der Waals surface area contributed by atoms with E-state index in [1.54, 1.807) is 17.0 Å². The summed E-state index contributed by atoms with van der Waals surface area (Å²) >= 11 is 0. The van der Waals surface area contributed by atoms with Crippen molar-refractivity contribution in [1.29, 1.82) is 0 Å². The van der Waals surface area contributed by atoms with Crippen LogP contribution in [0.5, 0.6) is 5.75 Å². The smallest absolute Gasteiger partial charge is 0.308 e. The van der Waals surface area contributed by atoms with E-state index >= 15 is 0 Å². The number of amides is 2. The quantitative estimate of drug-likeness (QED) is 0.858. The summed E-state index contributed by atoms with van der Waals surface area (Å²) in [6.45, 7) is 1.06. The highest BCUT2D eigenvalue weighted by Gasteiger charge is 2.40. The number of phenolic OH excluding ortho intramolecular Hbond substituents is 1. The number of phenols is 1. The SMILES string of the molecule is O=C(O)C1CCN(C(=O)C2CCCN2C(=O)c2ccccc2O)C1. The molecule has 2 unspecified atom stereocenters. The number of aromatic hydroxyl groups is 1. The normalized spacial score (nSPS) is 23.5. The maximum Gasteiger partial charge on any atom is 0.308 e. The molecule has 0 radical (unpaired) electrons. The lowest BCUT2D eigenvalue weighted by atomic mass is 10.1. The first-order chi connectivity index (χ1) is 11.5. The Bertz CT molecular complexity index is 675. The number of aliphatic carboxylic acids is 1. The van der Waals surface area contributed by atoms with Gasteiger partial charge in [0, 0.05) is 19.6 Å². The molecule has 2 N–H and O–H groups in total. The predicted octanol–water partition coefficient (Wildman–Crippen LogP) is 0.930. The average Bonchev–Trinajstić information content (AvgIpc) is 3.23. The third kappa shape index (κ3) is 2.93. The molecule has 1 aromatic carbocycles. The van der Waals surface area contributed by atoms with Crippen LogP contribution in [-0.4, -0.2) is 63.5 Å². The zero-order valence-electron chi connectivity index (χ0n) is 13.2. The Morgan fingerprint density at radius 3 is 2.50 bits per heavy atom. The first-order valence-corrected chi connectivity index (χ1v) is 8.09. The number of carboxylic acids is 1. The Hall–Kier alpha value is -2.57. The monoisotopic (exact) mass is 332 g/mol. The second-order valence-corrected chi connectivity index (χ2v) is 6.28. The Kier molecular flexibility index (Phi) is 4.42. The maximum atomic E-state index is 12.7. The van der Waals surface area contributed by atoms with Crippen molar-refractivity contribution in [3.8, 4) is 5.75 Å². The number of nitrogens with zero attached hydrogens (tertiary/aromatic N) is 2. The van der Waals surface area contributed by atoms with E-state index in [-0.39, 0.29) is 29.7 Å². The molecular formula is C17H20N2O5. The Morgan fingerprint density at radius 1 is 1.08 bits per heavy atom. The molecule has 0 spiro atoms. The predicted molar refractivity (Wildman–Crippen MR) is 84.5 cm³/mol. The van der Waals surface area contributed by atoms with E-state index in [2.05, 4.69) is 0 Å². The van der Waals surface area contributed by atoms with Crippen molar-refractivity contribution in [3.63, 3.8) is 0 Å². The molecule has 0 aromatic heterocycles. The molecule has 2 heterocycles. The van der Waals surface area contributed by atoms with Gasteiger partial charge < -0.3 is 20.0 Å². The summed E-state index contributed by atoms with van der Waals surface area (Å²) in [5.74, 6) is -2.08. The van der Waals surface area contributed by atoms with Gasteiger partial charge >= 0.3 is 5.97 Å². The van der Waals surface area contributed by atoms with Crippen molar-refractivity contribution < 1.29 is 24.6 Å². The number of carbonyl (C=O) groups is 3. The van der Waals surface area contributed by atoms with Crippen molar-refractivity contribution >= 4 is 17.8 Å². The van der Waals surface area contributed by atoms with Gasteiger partial charge in [-0.3, -0.25) is 14.4 Å². The molecule has 2 atom stereocenters. The lowest BCUT2D eigenvalue weighted by molar-refractivity contribution is -0.141. The minimum Gasteiger partial charge on any atom is -0.507 e. The van der Waals surface area contributed by atoms with Gasteiger partial charge in [0.15, 0.2) is 0 Å². The van der Waals surface area contributed by atoms with Crippen molar-refractivity contribution in [2.45, 2.75) is 25.3 Å². The van der Waals surface area contributed by atoms with Gasteiger partial charge in [0.1, 0.15) is 11.8 Å². The van der Waals surface area contributed by atoms with E-state index in [4.69, 9.17) is 5.11 Å². The van der Waals surface area contributed by atoms with Crippen LogP contribution in [0.4, 0.5) is 0 Å². The summed E-state index contributed by atoms with van der Waals surface area (Å²) in [6.07, 6.45) is 1.72. The Balaban J connectivity index is 1.74. The molecule has 0 bridgehead atoms. The first kappa shape index (κ1) is 16.3. The zero-order chi connectivity index (χ0) is 17.3. The summed E-state index contributed by atoms with van der Waals surface area (Å²) in [6, 6.07) is 5.70. The molecule has 24 heavy (non-hydrogen) atoms. The molecule has 2 saturated heterocycles. The highest BCUT2D eigenvalue weighted by atomic mass is 16.4. The molecule has 0 aliphatic carbocycles. The van der Waals surface area contributed by atoms with Crippen molar-refractivity contribution in [2.24, 2.45) is 5.92 Å². The lowest BCUT2D eigenvalue weighted by Gasteiger charge is -2.28. The highest BCUT2D eigenvalue weighted by Crippen LogP contribution is 2.27. The average molecular weight is 332 g/mol. The molecule has 1 aromatic rings. The minimum absolute atomic E-state index is 0.104. The fraction of sp³-hybridized carbons (Fsp3) is 0.471. The molecule has 2 aliphatic heterocycles. The molecule has 2 amide bonds. The van der Waals surface area contributed by atoms with Crippen LogP contribution in [-0.2, 0) is 9.59 Å². The second kappa shape index (κ2) is 6.51. The molecule has 128 valence electrons. The maximum absolute atomic E-state index is 12.7. The van der Waals surface area contributed by atoms with Gasteiger partial charge in [0.2, 0.25) is 5.91 Å². The summed E-state index contributed by atoms with van der Waals surface area (Å²) < 4.78 is 0. The van der Waals surface area contributed by atoms with E-state index < -0.39 is 17.9 Å². The van der Waals surface area contributed by atoms with Gasteiger partial charge in [0.25, 0.3) is 5.91 Å². The van der Waals surface area contributed by atoms with E-state index in [0.29, 0.717) is 32.4 Å². The number of likely N-dealkylation sites (tertiary alicyclic amines) is 2. The highest BCUT2D eigenvalue weighted by molar-refractivity contribution is 6.00. The first-order valence-electron chi connectivity index (χ1n) is 8.09. The summed E-state index contributed by atoms with van der Waals surface area (Å²) in [7, 11) is 0. The lowest BCUT2D eigenvalue weighted by Crippen LogP contribution is -2.47. The van der Waals surface area contributed by atoms with Crippen LogP contribution in [0.3, 0.4) is 0 Å². The second-order valence-electron chi connectivity index (χ2n) is 6.28. The van der Waals surface area contributed by atoms with E-state index in [1.165, 1.54) is 17.0 Å². The molecule has 2 fully saturated rings. The van der Waals surface area contributed by atoms with Crippen LogP contribution in [0, 0.1) is 5.92 Å². The van der Waals surface area contributed by atoms with Gasteiger partial charge in [-0.05, 0) is 31.4 Å². The molecule has 3 rings (SSSR count). The number of hydrogen-bond acceptors (Lipinski definition) is 4. The Labute approximate surface area is 139 Å². The van der Waals surface area contributed by atoms with Crippen LogP contribution in [0.1, 0.15) is 29.6 Å². The molecule has 0 saturated carbocycles. The van der Waals surface area contributed by atoms with E-state index in [0.717, 1.165) is 0 Å². The number of carboxylic acid groups (broad SMARTS) is 1.